The summed E-state index contributed by atoms with van der Waals surface area (Å²) in [5.41, 5.74) is 5.54. The van der Waals surface area contributed by atoms with Gasteiger partial charge in [-0.25, -0.2) is 0 Å². The molecule has 5 heteroatoms. The molecule has 1 atom stereocenters. The number of halogens is 1. The summed E-state index contributed by atoms with van der Waals surface area (Å²) in [6, 6.07) is 14.7. The monoisotopic (exact) mass is 441 g/mol. The van der Waals surface area contributed by atoms with Gasteiger partial charge in [-0.05, 0) is 60.7 Å². The standard InChI is InChI=1S/C23H28BrN3O/c1-17-6-8-19(22(24)11-17)14-27(16-21-5-4-10-28-21)15-20-12-18(13-25)7-9-23(20)26(2)3/h6-9,11-12,21H,4-5,10,14-16H2,1-3H3. The van der Waals surface area contributed by atoms with Crippen molar-refractivity contribution in [3.8, 4) is 6.07 Å². The number of nitriles is 1. The van der Waals surface area contributed by atoms with Gasteiger partial charge in [0.2, 0.25) is 0 Å². The summed E-state index contributed by atoms with van der Waals surface area (Å²) in [5, 5.41) is 9.35. The van der Waals surface area contributed by atoms with E-state index in [4.69, 9.17) is 4.74 Å². The molecule has 0 spiro atoms. The first kappa shape index (κ1) is 20.9. The molecule has 1 aliphatic rings. The van der Waals surface area contributed by atoms with Crippen LogP contribution in [0.5, 0.6) is 0 Å². The van der Waals surface area contributed by atoms with Crippen LogP contribution in [-0.2, 0) is 17.8 Å². The van der Waals surface area contributed by atoms with Crippen molar-refractivity contribution in [1.82, 2.24) is 4.90 Å². The first-order valence-electron chi connectivity index (χ1n) is 9.75. The van der Waals surface area contributed by atoms with Gasteiger partial charge in [0.05, 0.1) is 17.7 Å². The third-order valence-electron chi connectivity index (χ3n) is 5.17. The second-order valence-electron chi connectivity index (χ2n) is 7.75. The van der Waals surface area contributed by atoms with Crippen molar-refractivity contribution in [2.24, 2.45) is 0 Å². The SMILES string of the molecule is Cc1ccc(CN(Cc2cc(C#N)ccc2N(C)C)CC2CCCO2)c(Br)c1. The fourth-order valence-corrected chi connectivity index (χ4v) is 4.36. The van der Waals surface area contributed by atoms with E-state index in [1.54, 1.807) is 0 Å². The third kappa shape index (κ3) is 5.35. The zero-order chi connectivity index (χ0) is 20.1. The van der Waals surface area contributed by atoms with Gasteiger partial charge in [0.1, 0.15) is 0 Å². The molecule has 1 unspecified atom stereocenters. The summed E-state index contributed by atoms with van der Waals surface area (Å²) in [6.07, 6.45) is 2.54. The zero-order valence-electron chi connectivity index (χ0n) is 16.9. The molecule has 2 aromatic carbocycles. The number of hydrogen-bond acceptors (Lipinski definition) is 4. The van der Waals surface area contributed by atoms with E-state index in [1.165, 1.54) is 16.7 Å². The highest BCUT2D eigenvalue weighted by molar-refractivity contribution is 9.10. The quantitative estimate of drug-likeness (QED) is 0.613. The highest BCUT2D eigenvalue weighted by Gasteiger charge is 2.21. The summed E-state index contributed by atoms with van der Waals surface area (Å²) >= 11 is 3.73. The van der Waals surface area contributed by atoms with Crippen LogP contribution >= 0.6 is 15.9 Å². The van der Waals surface area contributed by atoms with E-state index in [0.717, 1.165) is 49.2 Å². The lowest BCUT2D eigenvalue weighted by Gasteiger charge is -2.28. The van der Waals surface area contributed by atoms with Crippen LogP contribution < -0.4 is 4.90 Å². The van der Waals surface area contributed by atoms with Crippen LogP contribution in [0.3, 0.4) is 0 Å². The topological polar surface area (TPSA) is 39.5 Å². The Bertz CT molecular complexity index is 853. The van der Waals surface area contributed by atoms with E-state index in [9.17, 15) is 5.26 Å². The Kier molecular flexibility index (Phi) is 7.12. The Morgan fingerprint density at radius 2 is 1.93 bits per heavy atom. The Balaban J connectivity index is 1.87. The molecule has 1 heterocycles. The lowest BCUT2D eigenvalue weighted by atomic mass is 10.1. The molecule has 0 bridgehead atoms. The maximum atomic E-state index is 9.35. The molecule has 3 rings (SSSR count). The molecule has 28 heavy (non-hydrogen) atoms. The van der Waals surface area contributed by atoms with Crippen LogP contribution in [0, 0.1) is 18.3 Å². The molecule has 0 aromatic heterocycles. The number of aryl methyl sites for hydroxylation is 1. The van der Waals surface area contributed by atoms with Crippen LogP contribution in [0.4, 0.5) is 5.69 Å². The lowest BCUT2D eigenvalue weighted by molar-refractivity contribution is 0.0679. The van der Waals surface area contributed by atoms with Crippen LogP contribution in [0.1, 0.15) is 35.1 Å². The predicted octanol–water partition coefficient (Wildman–Crippen LogP) is 4.88. The van der Waals surface area contributed by atoms with Crippen LogP contribution in [0.2, 0.25) is 0 Å². The van der Waals surface area contributed by atoms with Gasteiger partial charge in [-0.15, -0.1) is 0 Å². The van der Waals surface area contributed by atoms with Crippen molar-refractivity contribution >= 4 is 21.6 Å². The molecule has 0 amide bonds. The summed E-state index contributed by atoms with van der Waals surface area (Å²) in [5.74, 6) is 0. The molecule has 1 saturated heterocycles. The van der Waals surface area contributed by atoms with Gasteiger partial charge >= 0.3 is 0 Å². The van der Waals surface area contributed by atoms with E-state index >= 15 is 0 Å². The van der Waals surface area contributed by atoms with Crippen molar-refractivity contribution in [3.63, 3.8) is 0 Å². The maximum Gasteiger partial charge on any atom is 0.0991 e. The zero-order valence-corrected chi connectivity index (χ0v) is 18.5. The van der Waals surface area contributed by atoms with Crippen LogP contribution in [0.25, 0.3) is 0 Å². The average Bonchev–Trinajstić information content (AvgIpc) is 3.16. The van der Waals surface area contributed by atoms with E-state index in [1.807, 2.05) is 32.3 Å². The van der Waals surface area contributed by atoms with Crippen LogP contribution in [-0.4, -0.2) is 38.3 Å². The molecule has 1 fully saturated rings. The van der Waals surface area contributed by atoms with Gasteiger partial charge in [-0.1, -0.05) is 28.1 Å². The first-order chi connectivity index (χ1) is 13.5. The highest BCUT2D eigenvalue weighted by Crippen LogP contribution is 2.26. The minimum atomic E-state index is 0.283. The minimum Gasteiger partial charge on any atom is -0.377 e. The predicted molar refractivity (Wildman–Crippen MR) is 117 cm³/mol. The van der Waals surface area contributed by atoms with E-state index in [0.29, 0.717) is 5.56 Å². The normalized spacial score (nSPS) is 16.4. The molecule has 0 aliphatic carbocycles. The van der Waals surface area contributed by atoms with Crippen molar-refractivity contribution in [2.75, 3.05) is 32.1 Å². The van der Waals surface area contributed by atoms with Gasteiger partial charge in [0, 0.05) is 50.5 Å². The Morgan fingerprint density at radius 1 is 1.14 bits per heavy atom. The molecule has 148 valence electrons. The molecule has 0 radical (unpaired) electrons. The Labute approximate surface area is 176 Å². The number of benzene rings is 2. The largest absolute Gasteiger partial charge is 0.377 e. The minimum absolute atomic E-state index is 0.283. The van der Waals surface area contributed by atoms with Crippen molar-refractivity contribution in [3.05, 3.63) is 63.1 Å². The molecule has 0 N–H and O–H groups in total. The molecule has 4 nitrogen and oxygen atoms in total. The fraction of sp³-hybridized carbons (Fsp3) is 0.435. The molecule has 0 saturated carbocycles. The summed E-state index contributed by atoms with van der Waals surface area (Å²) in [6.45, 7) is 5.48. The Morgan fingerprint density at radius 3 is 2.57 bits per heavy atom. The van der Waals surface area contributed by atoms with Crippen LogP contribution in [0.15, 0.2) is 40.9 Å². The van der Waals surface area contributed by atoms with Gasteiger partial charge in [-0.2, -0.15) is 5.26 Å². The van der Waals surface area contributed by atoms with Crippen molar-refractivity contribution in [2.45, 2.75) is 39.0 Å². The summed E-state index contributed by atoms with van der Waals surface area (Å²) < 4.78 is 7.06. The van der Waals surface area contributed by atoms with E-state index in [-0.39, 0.29) is 6.10 Å². The maximum absolute atomic E-state index is 9.35. The summed E-state index contributed by atoms with van der Waals surface area (Å²) in [7, 11) is 4.09. The van der Waals surface area contributed by atoms with Gasteiger partial charge in [-0.3, -0.25) is 4.90 Å². The van der Waals surface area contributed by atoms with Gasteiger partial charge < -0.3 is 9.64 Å². The lowest BCUT2D eigenvalue weighted by Crippen LogP contribution is -2.32. The molecule has 1 aliphatic heterocycles. The average molecular weight is 442 g/mol. The van der Waals surface area contributed by atoms with E-state index < -0.39 is 0 Å². The first-order valence-corrected chi connectivity index (χ1v) is 10.5. The van der Waals surface area contributed by atoms with Gasteiger partial charge in [0.15, 0.2) is 0 Å². The summed E-state index contributed by atoms with van der Waals surface area (Å²) in [4.78, 5) is 4.55. The molecule has 2 aromatic rings. The van der Waals surface area contributed by atoms with Crippen molar-refractivity contribution in [1.29, 1.82) is 5.26 Å². The third-order valence-corrected chi connectivity index (χ3v) is 5.91. The number of anilines is 1. The number of nitrogens with zero attached hydrogens (tertiary/aromatic N) is 3. The number of rotatable bonds is 7. The smallest absolute Gasteiger partial charge is 0.0991 e. The van der Waals surface area contributed by atoms with Crippen molar-refractivity contribution < 1.29 is 4.74 Å². The van der Waals surface area contributed by atoms with Gasteiger partial charge in [0.25, 0.3) is 0 Å². The number of hydrogen-bond donors (Lipinski definition) is 0. The van der Waals surface area contributed by atoms with E-state index in [2.05, 4.69) is 56.9 Å². The Hall–Kier alpha value is -1.87. The number of ether oxygens (including phenoxy) is 1. The molecular formula is C23H28BrN3O. The highest BCUT2D eigenvalue weighted by atomic mass is 79.9. The fourth-order valence-electron chi connectivity index (χ4n) is 3.74. The second-order valence-corrected chi connectivity index (χ2v) is 8.60. The second kappa shape index (κ2) is 9.56. The molecular weight excluding hydrogens is 414 g/mol.